The van der Waals surface area contributed by atoms with Gasteiger partial charge in [-0.1, -0.05) is 42.7 Å². The monoisotopic (exact) mass is 416 g/mol. The zero-order valence-electron chi connectivity index (χ0n) is 17.2. The van der Waals surface area contributed by atoms with Gasteiger partial charge in [0, 0.05) is 12.6 Å². The molecule has 9 nitrogen and oxygen atoms in total. The highest BCUT2D eigenvalue weighted by Gasteiger charge is 2.20. The number of aryl methyl sites for hydroxylation is 1. The standard InChI is InChI=1S/C19H26N4O.C2H2O4/c1-15-7-9-16(10-8-15)13-22(2)14-19(24)21-18-11-12-20-23(18)17-5-3-4-6-17;3-1(4)2(5)6/h7-12,17H,3-6,13-14H2,1-2H3,(H,21,24);(H,3,4)(H,5,6). The van der Waals surface area contributed by atoms with E-state index in [0.29, 0.717) is 12.6 Å². The molecule has 1 aromatic heterocycles. The maximum absolute atomic E-state index is 12.3. The number of nitrogens with one attached hydrogen (secondary N) is 1. The Kier molecular flexibility index (Phi) is 8.54. The molecule has 3 N–H and O–H groups in total. The number of aliphatic carboxylic acids is 2. The largest absolute Gasteiger partial charge is 0.473 e. The van der Waals surface area contributed by atoms with Crippen LogP contribution in [-0.2, 0) is 20.9 Å². The zero-order valence-corrected chi connectivity index (χ0v) is 17.2. The Labute approximate surface area is 175 Å². The highest BCUT2D eigenvalue weighted by molar-refractivity contribution is 6.27. The molecule has 0 aliphatic heterocycles. The van der Waals surface area contributed by atoms with Crippen LogP contribution in [0.3, 0.4) is 0 Å². The molecule has 1 aromatic carbocycles. The Balaban J connectivity index is 0.000000469. The van der Waals surface area contributed by atoms with Gasteiger partial charge in [0.25, 0.3) is 0 Å². The number of likely N-dealkylation sites (N-methyl/N-ethyl adjacent to an activating group) is 1. The summed E-state index contributed by atoms with van der Waals surface area (Å²) in [4.78, 5) is 32.6. The van der Waals surface area contributed by atoms with Crippen LogP contribution in [0.4, 0.5) is 5.82 Å². The van der Waals surface area contributed by atoms with E-state index in [0.717, 1.165) is 25.2 Å². The van der Waals surface area contributed by atoms with Crippen LogP contribution in [0.15, 0.2) is 36.5 Å². The third kappa shape index (κ3) is 7.32. The van der Waals surface area contributed by atoms with Crippen LogP contribution in [-0.4, -0.2) is 56.3 Å². The van der Waals surface area contributed by atoms with Crippen LogP contribution in [0, 0.1) is 6.92 Å². The molecule has 1 aliphatic carbocycles. The first-order valence-corrected chi connectivity index (χ1v) is 9.80. The van der Waals surface area contributed by atoms with E-state index in [1.165, 1.54) is 24.0 Å². The van der Waals surface area contributed by atoms with Crippen molar-refractivity contribution in [2.24, 2.45) is 0 Å². The summed E-state index contributed by atoms with van der Waals surface area (Å²) in [5.41, 5.74) is 2.46. The number of hydrogen-bond acceptors (Lipinski definition) is 5. The molecule has 0 atom stereocenters. The van der Waals surface area contributed by atoms with Crippen molar-refractivity contribution in [3.8, 4) is 0 Å². The second kappa shape index (κ2) is 11.1. The fraction of sp³-hybridized carbons (Fsp3) is 0.429. The minimum atomic E-state index is -1.82. The molecule has 1 saturated carbocycles. The molecule has 1 fully saturated rings. The van der Waals surface area contributed by atoms with Crippen molar-refractivity contribution < 1.29 is 24.6 Å². The lowest BCUT2D eigenvalue weighted by Gasteiger charge is -2.18. The number of carboxylic acid groups (broad SMARTS) is 2. The molecule has 1 heterocycles. The van der Waals surface area contributed by atoms with E-state index in [1.54, 1.807) is 6.20 Å². The van der Waals surface area contributed by atoms with Crippen molar-refractivity contribution in [3.63, 3.8) is 0 Å². The van der Waals surface area contributed by atoms with Gasteiger partial charge in [-0.15, -0.1) is 0 Å². The van der Waals surface area contributed by atoms with Crippen molar-refractivity contribution in [2.75, 3.05) is 18.9 Å². The normalized spacial score (nSPS) is 13.6. The average Bonchev–Trinajstić information content (AvgIpc) is 3.35. The summed E-state index contributed by atoms with van der Waals surface area (Å²) in [5.74, 6) is -2.83. The maximum Gasteiger partial charge on any atom is 0.414 e. The smallest absolute Gasteiger partial charge is 0.414 e. The summed E-state index contributed by atoms with van der Waals surface area (Å²) in [6.07, 6.45) is 6.56. The van der Waals surface area contributed by atoms with E-state index >= 15 is 0 Å². The number of aromatic nitrogens is 2. The molecule has 162 valence electrons. The molecule has 1 amide bonds. The number of benzene rings is 1. The maximum atomic E-state index is 12.3. The van der Waals surface area contributed by atoms with E-state index in [2.05, 4.69) is 41.6 Å². The van der Waals surface area contributed by atoms with Gasteiger partial charge in [0.15, 0.2) is 0 Å². The predicted octanol–water partition coefficient (Wildman–Crippen LogP) is 2.53. The number of rotatable bonds is 6. The third-order valence-electron chi connectivity index (χ3n) is 4.78. The van der Waals surface area contributed by atoms with E-state index < -0.39 is 11.9 Å². The summed E-state index contributed by atoms with van der Waals surface area (Å²) < 4.78 is 1.98. The SMILES string of the molecule is Cc1ccc(CN(C)CC(=O)Nc2ccnn2C2CCCC2)cc1.O=C(O)C(=O)O. The minimum Gasteiger partial charge on any atom is -0.473 e. The van der Waals surface area contributed by atoms with Crippen LogP contribution < -0.4 is 5.32 Å². The lowest BCUT2D eigenvalue weighted by Crippen LogP contribution is -2.30. The van der Waals surface area contributed by atoms with Gasteiger partial charge < -0.3 is 15.5 Å². The Morgan fingerprint density at radius 2 is 1.70 bits per heavy atom. The average molecular weight is 416 g/mol. The molecule has 0 radical (unpaired) electrons. The van der Waals surface area contributed by atoms with Gasteiger partial charge in [0.05, 0.1) is 18.8 Å². The van der Waals surface area contributed by atoms with Crippen LogP contribution in [0.1, 0.15) is 42.9 Å². The number of amides is 1. The number of nitrogens with zero attached hydrogens (tertiary/aromatic N) is 3. The summed E-state index contributed by atoms with van der Waals surface area (Å²) in [6, 6.07) is 10.7. The Morgan fingerprint density at radius 3 is 2.27 bits per heavy atom. The molecule has 0 bridgehead atoms. The third-order valence-corrected chi connectivity index (χ3v) is 4.78. The van der Waals surface area contributed by atoms with Crippen molar-refractivity contribution in [1.29, 1.82) is 0 Å². The number of hydrogen-bond donors (Lipinski definition) is 3. The molecular formula is C21H28N4O5. The molecule has 30 heavy (non-hydrogen) atoms. The van der Waals surface area contributed by atoms with Crippen LogP contribution in [0.25, 0.3) is 0 Å². The van der Waals surface area contributed by atoms with Crippen molar-refractivity contribution >= 4 is 23.7 Å². The summed E-state index contributed by atoms with van der Waals surface area (Å²) in [7, 11) is 1.97. The first kappa shape index (κ1) is 23.1. The molecular weight excluding hydrogens is 388 g/mol. The fourth-order valence-corrected chi connectivity index (χ4v) is 3.34. The molecule has 3 rings (SSSR count). The highest BCUT2D eigenvalue weighted by Crippen LogP contribution is 2.31. The van der Waals surface area contributed by atoms with E-state index in [1.807, 2.05) is 22.7 Å². The van der Waals surface area contributed by atoms with Crippen molar-refractivity contribution in [1.82, 2.24) is 14.7 Å². The zero-order chi connectivity index (χ0) is 22.1. The molecule has 0 unspecified atom stereocenters. The second-order valence-corrected chi connectivity index (χ2v) is 7.42. The number of anilines is 1. The lowest BCUT2D eigenvalue weighted by molar-refractivity contribution is -0.159. The van der Waals surface area contributed by atoms with Gasteiger partial charge in [-0.3, -0.25) is 9.69 Å². The van der Waals surface area contributed by atoms with Crippen molar-refractivity contribution in [3.05, 3.63) is 47.7 Å². The van der Waals surface area contributed by atoms with Gasteiger partial charge >= 0.3 is 11.9 Å². The topological polar surface area (TPSA) is 125 Å². The Morgan fingerprint density at radius 1 is 1.10 bits per heavy atom. The molecule has 2 aromatic rings. The highest BCUT2D eigenvalue weighted by atomic mass is 16.4. The van der Waals surface area contributed by atoms with Gasteiger partial charge in [-0.25, -0.2) is 14.3 Å². The second-order valence-electron chi connectivity index (χ2n) is 7.42. The fourth-order valence-electron chi connectivity index (χ4n) is 3.34. The summed E-state index contributed by atoms with van der Waals surface area (Å²) in [6.45, 7) is 3.20. The van der Waals surface area contributed by atoms with Crippen molar-refractivity contribution in [2.45, 2.75) is 45.2 Å². The molecule has 9 heteroatoms. The van der Waals surface area contributed by atoms with E-state index in [-0.39, 0.29) is 5.91 Å². The predicted molar refractivity (Wildman–Crippen MR) is 111 cm³/mol. The van der Waals surface area contributed by atoms with Crippen LogP contribution in [0.2, 0.25) is 0 Å². The first-order valence-electron chi connectivity index (χ1n) is 9.80. The quantitative estimate of drug-likeness (QED) is 0.618. The van der Waals surface area contributed by atoms with Gasteiger partial charge in [-0.2, -0.15) is 5.10 Å². The van der Waals surface area contributed by atoms with Crippen LogP contribution in [0.5, 0.6) is 0 Å². The number of carboxylic acids is 2. The van der Waals surface area contributed by atoms with Gasteiger partial charge in [0.2, 0.25) is 5.91 Å². The van der Waals surface area contributed by atoms with Crippen LogP contribution >= 0.6 is 0 Å². The molecule has 0 spiro atoms. The Bertz CT molecular complexity index is 845. The van der Waals surface area contributed by atoms with E-state index in [9.17, 15) is 4.79 Å². The van der Waals surface area contributed by atoms with Gasteiger partial charge in [0.1, 0.15) is 5.82 Å². The Hall–Kier alpha value is -3.20. The number of carbonyl (C=O) groups is 3. The summed E-state index contributed by atoms with van der Waals surface area (Å²) in [5, 5.41) is 22.2. The number of carbonyl (C=O) groups excluding carboxylic acids is 1. The minimum absolute atomic E-state index is 0.00404. The molecule has 0 saturated heterocycles. The van der Waals surface area contributed by atoms with E-state index in [4.69, 9.17) is 19.8 Å². The lowest BCUT2D eigenvalue weighted by atomic mass is 10.1. The molecule has 1 aliphatic rings. The summed E-state index contributed by atoms with van der Waals surface area (Å²) >= 11 is 0. The van der Waals surface area contributed by atoms with Gasteiger partial charge in [-0.05, 0) is 32.4 Å². The first-order chi connectivity index (χ1) is 14.3.